The van der Waals surface area contributed by atoms with Crippen LogP contribution < -0.4 is 10.6 Å². The van der Waals surface area contributed by atoms with Gasteiger partial charge in [0.2, 0.25) is 0 Å². The highest BCUT2D eigenvalue weighted by Gasteiger charge is 2.20. The Morgan fingerprint density at radius 1 is 1.39 bits per heavy atom. The molecule has 0 radical (unpaired) electrons. The molecule has 2 rings (SSSR count). The highest BCUT2D eigenvalue weighted by molar-refractivity contribution is 6.31. The minimum atomic E-state index is -0.279. The fourth-order valence-corrected chi connectivity index (χ4v) is 2.21. The summed E-state index contributed by atoms with van der Waals surface area (Å²) < 4.78 is 0. The van der Waals surface area contributed by atoms with Gasteiger partial charge in [-0.25, -0.2) is 4.79 Å². The normalized spacial score (nSPS) is 16.2. The van der Waals surface area contributed by atoms with Crippen molar-refractivity contribution in [2.24, 2.45) is 5.10 Å². The first-order chi connectivity index (χ1) is 10.9. The molecule has 2 unspecified atom stereocenters. The summed E-state index contributed by atoms with van der Waals surface area (Å²) in [5, 5.41) is 12.4. The van der Waals surface area contributed by atoms with E-state index in [1.807, 2.05) is 45.2 Å². The molecule has 5 nitrogen and oxygen atoms in total. The van der Waals surface area contributed by atoms with Crippen LogP contribution in [-0.2, 0) is 0 Å². The van der Waals surface area contributed by atoms with Gasteiger partial charge >= 0.3 is 6.03 Å². The van der Waals surface area contributed by atoms with Crippen molar-refractivity contribution in [3.05, 3.63) is 53.2 Å². The van der Waals surface area contributed by atoms with E-state index in [0.717, 1.165) is 11.1 Å². The van der Waals surface area contributed by atoms with Gasteiger partial charge in [0.1, 0.15) is 0 Å². The second kappa shape index (κ2) is 7.33. The summed E-state index contributed by atoms with van der Waals surface area (Å²) in [4.78, 5) is 12.1. The van der Waals surface area contributed by atoms with E-state index in [1.54, 1.807) is 17.3 Å². The van der Waals surface area contributed by atoms with Gasteiger partial charge < -0.3 is 10.6 Å². The molecule has 0 bridgehead atoms. The molecule has 122 valence electrons. The van der Waals surface area contributed by atoms with Crippen LogP contribution in [-0.4, -0.2) is 29.3 Å². The number of hydrazone groups is 1. The summed E-state index contributed by atoms with van der Waals surface area (Å²) in [5.74, 6) is 0. The Labute approximate surface area is 141 Å². The molecular weight excluding hydrogens is 312 g/mol. The minimum absolute atomic E-state index is 0.00274. The molecule has 1 heterocycles. The van der Waals surface area contributed by atoms with E-state index in [9.17, 15) is 4.79 Å². The van der Waals surface area contributed by atoms with E-state index in [4.69, 9.17) is 11.6 Å². The maximum absolute atomic E-state index is 12.1. The highest BCUT2D eigenvalue weighted by Crippen LogP contribution is 2.20. The lowest BCUT2D eigenvalue weighted by Crippen LogP contribution is -2.47. The second-order valence-electron chi connectivity index (χ2n) is 5.61. The summed E-state index contributed by atoms with van der Waals surface area (Å²) in [5.41, 5.74) is 2.48. The van der Waals surface area contributed by atoms with Crippen LogP contribution in [0.25, 0.3) is 0 Å². The van der Waals surface area contributed by atoms with Crippen molar-refractivity contribution in [1.29, 1.82) is 0 Å². The van der Waals surface area contributed by atoms with Crippen LogP contribution in [0.15, 0.2) is 47.7 Å². The number of carbonyl (C=O) groups is 1. The maximum Gasteiger partial charge on any atom is 0.319 e. The molecule has 0 aliphatic carbocycles. The van der Waals surface area contributed by atoms with Gasteiger partial charge in [-0.1, -0.05) is 24.2 Å². The predicted molar refractivity (Wildman–Crippen MR) is 95.9 cm³/mol. The third-order valence-electron chi connectivity index (χ3n) is 3.73. The van der Waals surface area contributed by atoms with Crippen LogP contribution >= 0.6 is 11.6 Å². The van der Waals surface area contributed by atoms with Crippen molar-refractivity contribution >= 4 is 29.5 Å². The standard InChI is InChI=1S/C17H21ClN4O/c1-11-7-8-22(19-10-11)14(4)13(3)20-17(23)21-15-6-5-12(2)16(18)9-15/h5-10,13-14H,1H2,2-4H3,(H2,20,21,23). The third kappa shape index (κ3) is 4.60. The van der Waals surface area contributed by atoms with E-state index in [0.29, 0.717) is 10.7 Å². The molecule has 2 amide bonds. The Kier molecular flexibility index (Phi) is 5.45. The molecule has 23 heavy (non-hydrogen) atoms. The van der Waals surface area contributed by atoms with Crippen LogP contribution in [0.4, 0.5) is 10.5 Å². The molecule has 1 aliphatic rings. The molecule has 0 fully saturated rings. The Bertz CT molecular complexity index is 653. The van der Waals surface area contributed by atoms with Gasteiger partial charge in [0, 0.05) is 23.0 Å². The Morgan fingerprint density at radius 3 is 2.74 bits per heavy atom. The summed E-state index contributed by atoms with van der Waals surface area (Å²) in [6.45, 7) is 9.64. The van der Waals surface area contributed by atoms with E-state index in [2.05, 4.69) is 22.3 Å². The van der Waals surface area contributed by atoms with E-state index < -0.39 is 0 Å². The Morgan fingerprint density at radius 2 is 2.13 bits per heavy atom. The van der Waals surface area contributed by atoms with Crippen LogP contribution in [0.5, 0.6) is 0 Å². The van der Waals surface area contributed by atoms with Gasteiger partial charge in [-0.05, 0) is 50.1 Å². The van der Waals surface area contributed by atoms with Crippen molar-refractivity contribution in [2.75, 3.05) is 5.32 Å². The lowest BCUT2D eigenvalue weighted by Gasteiger charge is -2.30. The zero-order chi connectivity index (χ0) is 17.0. The number of nitrogens with zero attached hydrogens (tertiary/aromatic N) is 2. The number of hydrogen-bond donors (Lipinski definition) is 2. The molecule has 2 atom stereocenters. The van der Waals surface area contributed by atoms with Gasteiger partial charge in [0.15, 0.2) is 0 Å². The Hall–Kier alpha value is -2.27. The third-order valence-corrected chi connectivity index (χ3v) is 4.13. The van der Waals surface area contributed by atoms with Crippen LogP contribution in [0, 0.1) is 6.92 Å². The molecule has 1 aromatic carbocycles. The minimum Gasteiger partial charge on any atom is -0.333 e. The average Bonchev–Trinajstić information content (AvgIpc) is 2.51. The summed E-state index contributed by atoms with van der Waals surface area (Å²) in [6.07, 6.45) is 5.42. The lowest BCUT2D eigenvalue weighted by atomic mass is 10.1. The highest BCUT2D eigenvalue weighted by atomic mass is 35.5. The molecule has 0 saturated heterocycles. The number of benzene rings is 1. The van der Waals surface area contributed by atoms with Crippen LogP contribution in [0.2, 0.25) is 5.02 Å². The SMILES string of the molecule is C=C1C=CN(C(C)C(C)NC(=O)Nc2ccc(C)c(Cl)c2)N=C1. The largest absolute Gasteiger partial charge is 0.333 e. The van der Waals surface area contributed by atoms with Crippen molar-refractivity contribution in [3.63, 3.8) is 0 Å². The van der Waals surface area contributed by atoms with E-state index in [-0.39, 0.29) is 18.1 Å². The number of anilines is 1. The lowest BCUT2D eigenvalue weighted by molar-refractivity contribution is 0.228. The number of nitrogens with one attached hydrogen (secondary N) is 2. The number of carbonyl (C=O) groups excluding carboxylic acids is 1. The molecule has 2 N–H and O–H groups in total. The van der Waals surface area contributed by atoms with Crippen LogP contribution in [0.1, 0.15) is 19.4 Å². The molecule has 0 spiro atoms. The fourth-order valence-electron chi connectivity index (χ4n) is 2.03. The van der Waals surface area contributed by atoms with Crippen molar-refractivity contribution < 1.29 is 4.79 Å². The van der Waals surface area contributed by atoms with Crippen LogP contribution in [0.3, 0.4) is 0 Å². The molecular formula is C17H21ClN4O. The Balaban J connectivity index is 1.91. The molecule has 6 heteroatoms. The number of urea groups is 1. The summed E-state index contributed by atoms with van der Waals surface area (Å²) in [7, 11) is 0. The monoisotopic (exact) mass is 332 g/mol. The zero-order valence-corrected chi connectivity index (χ0v) is 14.3. The molecule has 1 aliphatic heterocycles. The molecule has 1 aromatic rings. The summed E-state index contributed by atoms with van der Waals surface area (Å²) >= 11 is 6.06. The first-order valence-corrected chi connectivity index (χ1v) is 7.77. The number of allylic oxidation sites excluding steroid dienone is 2. The summed E-state index contributed by atoms with van der Waals surface area (Å²) in [6, 6.07) is 5.03. The topological polar surface area (TPSA) is 56.7 Å². The maximum atomic E-state index is 12.1. The number of rotatable bonds is 4. The predicted octanol–water partition coefficient (Wildman–Crippen LogP) is 3.92. The van der Waals surface area contributed by atoms with Gasteiger partial charge in [0.25, 0.3) is 0 Å². The van der Waals surface area contributed by atoms with Gasteiger partial charge in [-0.3, -0.25) is 5.01 Å². The second-order valence-corrected chi connectivity index (χ2v) is 6.01. The first-order valence-electron chi connectivity index (χ1n) is 7.40. The molecule has 0 aromatic heterocycles. The quantitative estimate of drug-likeness (QED) is 0.878. The van der Waals surface area contributed by atoms with Crippen molar-refractivity contribution in [3.8, 4) is 0 Å². The number of amides is 2. The number of halogens is 1. The van der Waals surface area contributed by atoms with E-state index >= 15 is 0 Å². The smallest absolute Gasteiger partial charge is 0.319 e. The van der Waals surface area contributed by atoms with Gasteiger partial charge in [0.05, 0.1) is 12.3 Å². The van der Waals surface area contributed by atoms with E-state index in [1.165, 1.54) is 0 Å². The first kappa shape index (κ1) is 17.1. The fraction of sp³-hybridized carbons (Fsp3) is 0.294. The van der Waals surface area contributed by atoms with Gasteiger partial charge in [-0.2, -0.15) is 5.10 Å². The zero-order valence-electron chi connectivity index (χ0n) is 13.5. The average molecular weight is 333 g/mol. The van der Waals surface area contributed by atoms with Crippen molar-refractivity contribution in [1.82, 2.24) is 10.3 Å². The molecule has 0 saturated carbocycles. The number of hydrogen-bond acceptors (Lipinski definition) is 3. The van der Waals surface area contributed by atoms with Gasteiger partial charge in [-0.15, -0.1) is 0 Å². The number of aryl methyl sites for hydroxylation is 1. The van der Waals surface area contributed by atoms with Crippen molar-refractivity contribution in [2.45, 2.75) is 32.9 Å².